The molecule has 0 aliphatic heterocycles. The van der Waals surface area contributed by atoms with E-state index in [2.05, 4.69) is 66.7 Å². The Hall–Kier alpha value is -3.04. The van der Waals surface area contributed by atoms with Crippen LogP contribution in [0.5, 0.6) is 0 Å². The summed E-state index contributed by atoms with van der Waals surface area (Å²) in [6.07, 6.45) is 0. The van der Waals surface area contributed by atoms with E-state index < -0.39 is 0 Å². The molecule has 4 aromatic rings. The summed E-state index contributed by atoms with van der Waals surface area (Å²) < 4.78 is 5.12. The lowest BCUT2D eigenvalue weighted by Gasteiger charge is -2.09. The lowest BCUT2D eigenvalue weighted by molar-refractivity contribution is 0.0526. The van der Waals surface area contributed by atoms with Crippen molar-refractivity contribution in [1.29, 1.82) is 0 Å². The van der Waals surface area contributed by atoms with Crippen molar-refractivity contribution >= 4 is 27.6 Å². The summed E-state index contributed by atoms with van der Waals surface area (Å²) in [5.41, 5.74) is 0.590. The third-order valence-corrected chi connectivity index (χ3v) is 6.73. The van der Waals surface area contributed by atoms with Crippen molar-refractivity contribution in [3.8, 4) is 0 Å². The van der Waals surface area contributed by atoms with Gasteiger partial charge in [0.25, 0.3) is 0 Å². The highest BCUT2D eigenvalue weighted by Crippen LogP contribution is 2.33. The third kappa shape index (κ3) is 3.80. The molecule has 28 heavy (non-hydrogen) atoms. The molecule has 3 heteroatoms. The second-order valence-electron chi connectivity index (χ2n) is 6.38. The third-order valence-electron chi connectivity index (χ3n) is 4.52. The number of carbonyl (C=O) groups excluding carboxylic acids is 1. The molecule has 138 valence electrons. The highest BCUT2D eigenvalue weighted by Gasteiger charge is 2.28. The number of benzene rings is 4. The van der Waals surface area contributed by atoms with Gasteiger partial charge in [0.15, 0.2) is 14.7 Å². The van der Waals surface area contributed by atoms with E-state index >= 15 is 0 Å². The first-order chi connectivity index (χ1) is 13.8. The van der Waals surface area contributed by atoms with Gasteiger partial charge in [0.05, 0.1) is 23.1 Å². The van der Waals surface area contributed by atoms with E-state index in [4.69, 9.17) is 4.74 Å². The number of ether oxygens (including phenoxy) is 1. The molecule has 0 N–H and O–H groups in total. The Kier molecular flexibility index (Phi) is 5.45. The number of rotatable bonds is 5. The minimum atomic E-state index is -0.276. The summed E-state index contributed by atoms with van der Waals surface area (Å²) in [6, 6.07) is 33.4. The van der Waals surface area contributed by atoms with Crippen molar-refractivity contribution in [2.75, 3.05) is 6.61 Å². The second-order valence-corrected chi connectivity index (χ2v) is 8.40. The summed E-state index contributed by atoms with van der Waals surface area (Å²) >= 11 is 0. The Balaban J connectivity index is 1.79. The maximum Gasteiger partial charge on any atom is 0.338 e. The summed E-state index contributed by atoms with van der Waals surface area (Å²) in [5.74, 6) is -0.276. The van der Waals surface area contributed by atoms with E-state index in [9.17, 15) is 4.79 Å². The van der Waals surface area contributed by atoms with E-state index in [-0.39, 0.29) is 16.9 Å². The highest BCUT2D eigenvalue weighted by atomic mass is 32.2. The van der Waals surface area contributed by atoms with Crippen LogP contribution in [0.15, 0.2) is 112 Å². The molecule has 4 rings (SSSR count). The maximum atomic E-state index is 12.0. The van der Waals surface area contributed by atoms with E-state index in [0.717, 1.165) is 10.8 Å². The number of hydrogen-bond acceptors (Lipinski definition) is 2. The fraction of sp³-hybridized carbons (Fsp3) is 0.0800. The average Bonchev–Trinajstić information content (AvgIpc) is 2.75. The van der Waals surface area contributed by atoms with Gasteiger partial charge >= 0.3 is 5.97 Å². The minimum Gasteiger partial charge on any atom is -0.462 e. The van der Waals surface area contributed by atoms with Crippen LogP contribution in [0.3, 0.4) is 0 Å². The highest BCUT2D eigenvalue weighted by molar-refractivity contribution is 7.97. The van der Waals surface area contributed by atoms with Crippen LogP contribution in [0.2, 0.25) is 0 Å². The monoisotopic (exact) mass is 385 g/mol. The zero-order valence-corrected chi connectivity index (χ0v) is 16.5. The molecule has 0 aliphatic carbocycles. The van der Waals surface area contributed by atoms with Crippen molar-refractivity contribution < 1.29 is 9.53 Å². The Morgan fingerprint density at radius 1 is 0.714 bits per heavy atom. The molecule has 4 aromatic carbocycles. The van der Waals surface area contributed by atoms with Crippen LogP contribution in [0.25, 0.3) is 10.8 Å². The van der Waals surface area contributed by atoms with Crippen LogP contribution >= 0.6 is 0 Å². The Bertz CT molecular complexity index is 1050. The van der Waals surface area contributed by atoms with Crippen molar-refractivity contribution in [2.24, 2.45) is 0 Å². The molecular formula is C25H21O2S+. The van der Waals surface area contributed by atoms with Crippen LogP contribution in [0.4, 0.5) is 0 Å². The van der Waals surface area contributed by atoms with Gasteiger partial charge in [-0.25, -0.2) is 4.79 Å². The topological polar surface area (TPSA) is 26.3 Å². The quantitative estimate of drug-likeness (QED) is 0.306. The Labute approximate surface area is 168 Å². The fourth-order valence-electron chi connectivity index (χ4n) is 3.21. The smallest absolute Gasteiger partial charge is 0.338 e. The standard InChI is InChI=1S/C25H21O2S/c1-2-27-25(26)21-14-13-20-18-24(16-15-19(20)17-21)28(22-9-5-3-6-10-22)23-11-7-4-8-12-23/h3-18H,2H2,1H3/q+1. The van der Waals surface area contributed by atoms with Gasteiger partial charge in [-0.2, -0.15) is 0 Å². The van der Waals surface area contributed by atoms with Gasteiger partial charge in [-0.1, -0.05) is 42.5 Å². The molecule has 0 saturated heterocycles. The first kappa shape index (κ1) is 18.3. The largest absolute Gasteiger partial charge is 0.462 e. The first-order valence-corrected chi connectivity index (χ1v) is 10.5. The first-order valence-electron chi connectivity index (χ1n) is 9.31. The molecule has 2 nitrogen and oxygen atoms in total. The van der Waals surface area contributed by atoms with Crippen molar-refractivity contribution in [3.05, 3.63) is 103 Å². The molecular weight excluding hydrogens is 364 g/mol. The SMILES string of the molecule is CCOC(=O)c1ccc2cc([S+](c3ccccc3)c3ccccc3)ccc2c1. The van der Waals surface area contributed by atoms with E-state index in [0.29, 0.717) is 12.2 Å². The molecule has 0 amide bonds. The van der Waals surface area contributed by atoms with Gasteiger partial charge in [-0.05, 0) is 66.2 Å². The zero-order chi connectivity index (χ0) is 19.3. The van der Waals surface area contributed by atoms with Crippen molar-refractivity contribution in [2.45, 2.75) is 21.6 Å². The number of hydrogen-bond donors (Lipinski definition) is 0. The molecule has 0 unspecified atom stereocenters. The summed E-state index contributed by atoms with van der Waals surface area (Å²) in [4.78, 5) is 15.8. The van der Waals surface area contributed by atoms with Crippen molar-refractivity contribution in [1.82, 2.24) is 0 Å². The van der Waals surface area contributed by atoms with Crippen LogP contribution in [-0.2, 0) is 15.6 Å². The van der Waals surface area contributed by atoms with Crippen LogP contribution in [0, 0.1) is 0 Å². The summed E-state index contributed by atoms with van der Waals surface area (Å²) in [7, 11) is -0.179. The Morgan fingerprint density at radius 2 is 1.29 bits per heavy atom. The van der Waals surface area contributed by atoms with Gasteiger partial charge < -0.3 is 4.74 Å². The van der Waals surface area contributed by atoms with Gasteiger partial charge in [0.2, 0.25) is 0 Å². The van der Waals surface area contributed by atoms with Gasteiger partial charge in [-0.15, -0.1) is 0 Å². The van der Waals surface area contributed by atoms with Crippen LogP contribution < -0.4 is 0 Å². The molecule has 0 spiro atoms. The molecule has 0 atom stereocenters. The molecule has 0 aliphatic rings. The lowest BCUT2D eigenvalue weighted by Crippen LogP contribution is -2.05. The number of fused-ring (bicyclic) bond motifs is 1. The summed E-state index contributed by atoms with van der Waals surface area (Å²) in [6.45, 7) is 2.20. The lowest BCUT2D eigenvalue weighted by atomic mass is 10.1. The fourth-order valence-corrected chi connectivity index (χ4v) is 5.34. The average molecular weight is 386 g/mol. The van der Waals surface area contributed by atoms with Gasteiger partial charge in [0.1, 0.15) is 0 Å². The van der Waals surface area contributed by atoms with Crippen molar-refractivity contribution in [3.63, 3.8) is 0 Å². The normalized spacial score (nSPS) is 10.9. The summed E-state index contributed by atoms with van der Waals surface area (Å²) in [5, 5.41) is 2.16. The van der Waals surface area contributed by atoms with E-state index in [1.165, 1.54) is 14.7 Å². The van der Waals surface area contributed by atoms with E-state index in [1.807, 2.05) is 37.3 Å². The second kappa shape index (κ2) is 8.32. The van der Waals surface area contributed by atoms with Crippen LogP contribution in [0.1, 0.15) is 17.3 Å². The molecule has 0 saturated carbocycles. The number of carbonyl (C=O) groups is 1. The minimum absolute atomic E-state index is 0.179. The van der Waals surface area contributed by atoms with Gasteiger partial charge in [-0.3, -0.25) is 0 Å². The maximum absolute atomic E-state index is 12.0. The molecule has 0 aromatic heterocycles. The molecule has 0 radical (unpaired) electrons. The predicted octanol–water partition coefficient (Wildman–Crippen LogP) is 6.11. The Morgan fingerprint density at radius 3 is 1.89 bits per heavy atom. The number of esters is 1. The molecule has 0 fully saturated rings. The van der Waals surface area contributed by atoms with E-state index in [1.54, 1.807) is 0 Å². The van der Waals surface area contributed by atoms with Gasteiger partial charge in [0, 0.05) is 6.07 Å². The van der Waals surface area contributed by atoms with Crippen LogP contribution in [-0.4, -0.2) is 12.6 Å². The predicted molar refractivity (Wildman–Crippen MR) is 115 cm³/mol. The molecule has 0 heterocycles. The zero-order valence-electron chi connectivity index (χ0n) is 15.7. The molecule has 0 bridgehead atoms.